The summed E-state index contributed by atoms with van der Waals surface area (Å²) in [5.74, 6) is 1.23. The molecule has 3 heterocycles. The second-order valence-electron chi connectivity index (χ2n) is 8.78. The third-order valence-electron chi connectivity index (χ3n) is 6.36. The molecular weight excluding hydrogens is 437 g/mol. The van der Waals surface area contributed by atoms with Crippen molar-refractivity contribution in [2.24, 2.45) is 0 Å². The molecule has 8 nitrogen and oxygen atoms in total. The van der Waals surface area contributed by atoms with Crippen molar-refractivity contribution in [1.82, 2.24) is 15.0 Å². The summed E-state index contributed by atoms with van der Waals surface area (Å²) in [4.78, 5) is 21.7. The van der Waals surface area contributed by atoms with E-state index in [0.717, 1.165) is 43.0 Å². The first-order valence-electron chi connectivity index (χ1n) is 11.7. The average molecular weight is 466 g/mol. The standard InChI is InChI=1S/C25H28FN5O3/c1-3-22-28-24(29-34-22)16-4-7-19(8-5-16)27-25(32)21-9-6-17-14-18(26)15-20(23(17)33-21)31-12-10-30(2)11-13-31/h4-5,7-8,14-15,21H,3,6,9-13H2,1-2H3,(H,27,32). The summed E-state index contributed by atoms with van der Waals surface area (Å²) in [6.07, 6.45) is 1.11. The van der Waals surface area contributed by atoms with Gasteiger partial charge in [-0.2, -0.15) is 4.98 Å². The van der Waals surface area contributed by atoms with E-state index in [2.05, 4.69) is 32.3 Å². The van der Waals surface area contributed by atoms with E-state index in [1.165, 1.54) is 12.1 Å². The minimum Gasteiger partial charge on any atom is -0.478 e. The maximum absolute atomic E-state index is 14.3. The van der Waals surface area contributed by atoms with Crippen molar-refractivity contribution in [2.75, 3.05) is 43.4 Å². The largest absolute Gasteiger partial charge is 0.478 e. The van der Waals surface area contributed by atoms with Crippen LogP contribution < -0.4 is 15.0 Å². The number of carbonyl (C=O) groups excluding carboxylic acids is 1. The summed E-state index contributed by atoms with van der Waals surface area (Å²) >= 11 is 0. The van der Waals surface area contributed by atoms with Crippen LogP contribution in [0.25, 0.3) is 11.4 Å². The van der Waals surface area contributed by atoms with Crippen molar-refractivity contribution < 1.29 is 18.4 Å². The minimum atomic E-state index is -0.645. The molecule has 0 bridgehead atoms. The molecular formula is C25H28FN5O3. The third-order valence-corrected chi connectivity index (χ3v) is 6.36. The Bertz CT molecular complexity index is 1170. The van der Waals surface area contributed by atoms with Crippen LogP contribution >= 0.6 is 0 Å². The molecule has 1 unspecified atom stereocenters. The highest BCUT2D eigenvalue weighted by atomic mass is 19.1. The molecule has 0 aliphatic carbocycles. The monoisotopic (exact) mass is 465 g/mol. The van der Waals surface area contributed by atoms with Crippen LogP contribution in [-0.2, 0) is 17.6 Å². The number of aromatic nitrogens is 2. The maximum Gasteiger partial charge on any atom is 0.265 e. The van der Waals surface area contributed by atoms with Gasteiger partial charge in [-0.1, -0.05) is 12.1 Å². The number of aryl methyl sites for hydroxylation is 2. The molecule has 2 aliphatic heterocycles. The molecule has 0 radical (unpaired) electrons. The van der Waals surface area contributed by atoms with Crippen molar-refractivity contribution >= 4 is 17.3 Å². The van der Waals surface area contributed by atoms with Gasteiger partial charge in [-0.3, -0.25) is 4.79 Å². The van der Waals surface area contributed by atoms with Crippen LogP contribution in [0.2, 0.25) is 0 Å². The molecule has 1 fully saturated rings. The van der Waals surface area contributed by atoms with E-state index >= 15 is 0 Å². The highest BCUT2D eigenvalue weighted by Crippen LogP contribution is 2.39. The number of anilines is 2. The lowest BCUT2D eigenvalue weighted by Gasteiger charge is -2.37. The summed E-state index contributed by atoms with van der Waals surface area (Å²) in [5.41, 5.74) is 3.01. The van der Waals surface area contributed by atoms with E-state index < -0.39 is 6.10 Å². The van der Waals surface area contributed by atoms with E-state index in [1.807, 2.05) is 19.1 Å². The zero-order valence-corrected chi connectivity index (χ0v) is 19.4. The molecule has 0 saturated carbocycles. The Kier molecular flexibility index (Phi) is 6.19. The molecule has 1 saturated heterocycles. The van der Waals surface area contributed by atoms with Crippen LogP contribution in [0.3, 0.4) is 0 Å². The van der Waals surface area contributed by atoms with Gasteiger partial charge < -0.3 is 24.4 Å². The summed E-state index contributed by atoms with van der Waals surface area (Å²) in [6.45, 7) is 5.33. The quantitative estimate of drug-likeness (QED) is 0.617. The molecule has 1 aromatic heterocycles. The topological polar surface area (TPSA) is 83.7 Å². The number of hydrogen-bond acceptors (Lipinski definition) is 7. The van der Waals surface area contributed by atoms with Crippen molar-refractivity contribution in [1.29, 1.82) is 0 Å². The molecule has 9 heteroatoms. The number of ether oxygens (including phenoxy) is 1. The lowest BCUT2D eigenvalue weighted by atomic mass is 9.99. The van der Waals surface area contributed by atoms with Crippen LogP contribution in [0.15, 0.2) is 40.9 Å². The first-order chi connectivity index (χ1) is 16.5. The first-order valence-corrected chi connectivity index (χ1v) is 11.7. The number of hydrogen-bond donors (Lipinski definition) is 1. The number of likely N-dealkylation sites (N-methyl/N-ethyl adjacent to an activating group) is 1. The van der Waals surface area contributed by atoms with E-state index in [1.54, 1.807) is 12.1 Å². The van der Waals surface area contributed by atoms with Gasteiger partial charge in [-0.15, -0.1) is 0 Å². The molecule has 5 rings (SSSR count). The van der Waals surface area contributed by atoms with Crippen molar-refractivity contribution in [3.8, 4) is 17.1 Å². The Hall–Kier alpha value is -3.46. The van der Waals surface area contributed by atoms with Gasteiger partial charge in [0.25, 0.3) is 5.91 Å². The van der Waals surface area contributed by atoms with Crippen LogP contribution in [-0.4, -0.2) is 60.3 Å². The molecule has 3 aromatic rings. The SMILES string of the molecule is CCc1nc(-c2ccc(NC(=O)C3CCc4cc(F)cc(N5CCN(C)CC5)c4O3)cc2)no1. The van der Waals surface area contributed by atoms with Crippen molar-refractivity contribution in [3.63, 3.8) is 0 Å². The van der Waals surface area contributed by atoms with Gasteiger partial charge in [0.15, 0.2) is 6.10 Å². The highest BCUT2D eigenvalue weighted by molar-refractivity contribution is 5.95. The summed E-state index contributed by atoms with van der Waals surface area (Å²) in [5, 5.41) is 6.90. The summed E-state index contributed by atoms with van der Waals surface area (Å²) in [7, 11) is 2.08. The Balaban J connectivity index is 1.29. The lowest BCUT2D eigenvalue weighted by Crippen LogP contribution is -2.45. The van der Waals surface area contributed by atoms with Crippen LogP contribution in [0.5, 0.6) is 5.75 Å². The minimum absolute atomic E-state index is 0.222. The average Bonchev–Trinajstić information content (AvgIpc) is 3.34. The number of nitrogens with zero attached hydrogens (tertiary/aromatic N) is 4. The maximum atomic E-state index is 14.3. The summed E-state index contributed by atoms with van der Waals surface area (Å²) in [6, 6.07) is 10.3. The smallest absolute Gasteiger partial charge is 0.265 e. The second kappa shape index (κ2) is 9.42. The van der Waals surface area contributed by atoms with Crippen molar-refractivity contribution in [2.45, 2.75) is 32.3 Å². The van der Waals surface area contributed by atoms with Crippen LogP contribution in [0.1, 0.15) is 24.8 Å². The molecule has 178 valence electrons. The number of fused-ring (bicyclic) bond motifs is 1. The summed E-state index contributed by atoms with van der Waals surface area (Å²) < 4.78 is 25.7. The molecule has 2 aliphatic rings. The van der Waals surface area contributed by atoms with Gasteiger partial charge in [0.2, 0.25) is 11.7 Å². The lowest BCUT2D eigenvalue weighted by molar-refractivity contribution is -0.123. The fraction of sp³-hybridized carbons (Fsp3) is 0.400. The molecule has 34 heavy (non-hydrogen) atoms. The van der Waals surface area contributed by atoms with Gasteiger partial charge in [0.05, 0.1) is 5.69 Å². The number of amides is 1. The molecule has 1 N–H and O–H groups in total. The predicted octanol–water partition coefficient (Wildman–Crippen LogP) is 3.52. The molecule has 2 aromatic carbocycles. The molecule has 1 amide bonds. The number of benzene rings is 2. The highest BCUT2D eigenvalue weighted by Gasteiger charge is 2.30. The Morgan fingerprint density at radius 1 is 1.18 bits per heavy atom. The van der Waals surface area contributed by atoms with Gasteiger partial charge in [0.1, 0.15) is 11.6 Å². The van der Waals surface area contributed by atoms with Crippen molar-refractivity contribution in [3.05, 3.63) is 53.7 Å². The van der Waals surface area contributed by atoms with E-state index in [4.69, 9.17) is 9.26 Å². The van der Waals surface area contributed by atoms with Gasteiger partial charge in [-0.25, -0.2) is 4.39 Å². The number of carbonyl (C=O) groups is 1. The van der Waals surface area contributed by atoms with Gasteiger partial charge in [0, 0.05) is 49.9 Å². The number of halogens is 1. The zero-order chi connectivity index (χ0) is 23.7. The first kappa shape index (κ1) is 22.3. The third kappa shape index (κ3) is 4.61. The zero-order valence-electron chi connectivity index (χ0n) is 19.4. The fourth-order valence-electron chi connectivity index (χ4n) is 4.35. The second-order valence-corrected chi connectivity index (χ2v) is 8.78. The van der Waals surface area contributed by atoms with E-state index in [9.17, 15) is 9.18 Å². The van der Waals surface area contributed by atoms with Gasteiger partial charge >= 0.3 is 0 Å². The van der Waals surface area contributed by atoms with Gasteiger partial charge in [-0.05, 0) is 55.8 Å². The molecule has 0 spiro atoms. The number of nitrogens with one attached hydrogen (secondary N) is 1. The fourth-order valence-corrected chi connectivity index (χ4v) is 4.35. The number of rotatable bonds is 5. The Labute approximate surface area is 197 Å². The Morgan fingerprint density at radius 3 is 2.65 bits per heavy atom. The predicted molar refractivity (Wildman–Crippen MR) is 127 cm³/mol. The van der Waals surface area contributed by atoms with E-state index in [-0.39, 0.29) is 11.7 Å². The number of piperazine rings is 1. The van der Waals surface area contributed by atoms with E-state index in [0.29, 0.717) is 42.4 Å². The van der Waals surface area contributed by atoms with Crippen LogP contribution in [0.4, 0.5) is 15.8 Å². The van der Waals surface area contributed by atoms with Crippen LogP contribution in [0, 0.1) is 5.82 Å². The normalized spacial score (nSPS) is 18.3. The molecule has 1 atom stereocenters. The Morgan fingerprint density at radius 2 is 1.94 bits per heavy atom.